The first-order valence-electron chi connectivity index (χ1n) is 8.68. The average molecular weight is 444 g/mol. The summed E-state index contributed by atoms with van der Waals surface area (Å²) in [4.78, 5) is 19.5. The van der Waals surface area contributed by atoms with Crippen molar-refractivity contribution < 1.29 is 31.1 Å². The molecule has 7 nitrogen and oxygen atoms in total. The maximum Gasteiger partial charge on any atom is 0.416 e. The van der Waals surface area contributed by atoms with E-state index in [-0.39, 0.29) is 11.9 Å². The molecule has 1 aromatic heterocycles. The van der Waals surface area contributed by atoms with Crippen LogP contribution in [0.15, 0.2) is 47.5 Å². The zero-order valence-electron chi connectivity index (χ0n) is 15.5. The average Bonchev–Trinajstić information content (AvgIpc) is 3.19. The number of hydrogen-bond donors (Lipinski definition) is 2. The van der Waals surface area contributed by atoms with Gasteiger partial charge < -0.3 is 5.43 Å². The Hall–Kier alpha value is -3.64. The fourth-order valence-electron chi connectivity index (χ4n) is 2.49. The molecule has 0 spiro atoms. The standard InChI is InChI=1S/C18H14F6N6O/c19-17(20,21)12-6-11(7-13(8-12)18(22,23)24)16-26-10-30(29-16)5-3-15(31)28-27-14-2-1-4-25-9-14/h3-10,27H,1-2H2,(H,28,31)/b5-3-. The SMILES string of the molecule is O=C(/C=C\n1cnc(-c2cc(C(F)(F)F)cc(C(F)(F)F)c2)n1)NNC1=CN=CCC1. The minimum Gasteiger partial charge on any atom is -0.301 e. The van der Waals surface area contributed by atoms with E-state index in [9.17, 15) is 31.1 Å². The number of nitrogens with zero attached hydrogens (tertiary/aromatic N) is 4. The summed E-state index contributed by atoms with van der Waals surface area (Å²) in [6, 6.07) is 1.07. The molecule has 3 rings (SSSR count). The number of carbonyl (C=O) groups is 1. The molecule has 0 bridgehead atoms. The van der Waals surface area contributed by atoms with Gasteiger partial charge in [0, 0.05) is 30.3 Å². The number of alkyl halides is 6. The Morgan fingerprint density at radius 2 is 1.74 bits per heavy atom. The molecule has 2 heterocycles. The predicted molar refractivity (Wildman–Crippen MR) is 97.9 cm³/mol. The molecule has 2 aromatic rings. The molecule has 0 saturated carbocycles. The van der Waals surface area contributed by atoms with Crippen LogP contribution in [0.1, 0.15) is 24.0 Å². The second-order valence-corrected chi connectivity index (χ2v) is 6.30. The minimum atomic E-state index is -4.98. The van der Waals surface area contributed by atoms with Crippen LogP contribution in [0.5, 0.6) is 0 Å². The number of aromatic nitrogens is 3. The third kappa shape index (κ3) is 5.93. The van der Waals surface area contributed by atoms with E-state index in [1.54, 1.807) is 12.4 Å². The van der Waals surface area contributed by atoms with Crippen molar-refractivity contribution in [2.24, 2.45) is 4.99 Å². The zero-order chi connectivity index (χ0) is 22.6. The third-order valence-electron chi connectivity index (χ3n) is 3.96. The zero-order valence-corrected chi connectivity index (χ0v) is 15.5. The molecule has 164 valence electrons. The lowest BCUT2D eigenvalue weighted by Gasteiger charge is -2.13. The minimum absolute atomic E-state index is 0.0187. The smallest absolute Gasteiger partial charge is 0.301 e. The Kier molecular flexibility index (Phi) is 6.13. The summed E-state index contributed by atoms with van der Waals surface area (Å²) in [5, 5.41) is 3.80. The van der Waals surface area contributed by atoms with Crippen molar-refractivity contribution in [3.05, 3.63) is 53.6 Å². The predicted octanol–water partition coefficient (Wildman–Crippen LogP) is 3.78. The Morgan fingerprint density at radius 1 is 1.06 bits per heavy atom. The molecule has 2 N–H and O–H groups in total. The lowest BCUT2D eigenvalue weighted by Crippen LogP contribution is -2.35. The molecule has 0 saturated heterocycles. The van der Waals surface area contributed by atoms with Crippen LogP contribution in [0, 0.1) is 0 Å². The van der Waals surface area contributed by atoms with E-state index in [0.717, 1.165) is 29.7 Å². The van der Waals surface area contributed by atoms with Gasteiger partial charge >= 0.3 is 12.4 Å². The van der Waals surface area contributed by atoms with Crippen LogP contribution < -0.4 is 10.9 Å². The Bertz CT molecular complexity index is 1020. The van der Waals surface area contributed by atoms with Gasteiger partial charge in [-0.15, -0.1) is 5.10 Å². The second-order valence-electron chi connectivity index (χ2n) is 6.30. The molecule has 1 aromatic carbocycles. The molecule has 0 fully saturated rings. The van der Waals surface area contributed by atoms with Gasteiger partial charge in [0.15, 0.2) is 5.82 Å². The normalized spacial score (nSPS) is 14.6. The van der Waals surface area contributed by atoms with Crippen molar-refractivity contribution in [2.75, 3.05) is 0 Å². The van der Waals surface area contributed by atoms with Crippen molar-refractivity contribution in [1.82, 2.24) is 25.6 Å². The molecular weight excluding hydrogens is 430 g/mol. The molecule has 31 heavy (non-hydrogen) atoms. The highest BCUT2D eigenvalue weighted by Gasteiger charge is 2.37. The number of hydrazine groups is 1. The number of benzene rings is 1. The van der Waals surface area contributed by atoms with Crippen LogP contribution >= 0.6 is 0 Å². The number of aliphatic imine (C=N–C) groups is 1. The largest absolute Gasteiger partial charge is 0.416 e. The summed E-state index contributed by atoms with van der Waals surface area (Å²) in [6.45, 7) is 0. The van der Waals surface area contributed by atoms with Crippen LogP contribution in [0.3, 0.4) is 0 Å². The van der Waals surface area contributed by atoms with Crippen LogP contribution in [-0.4, -0.2) is 26.9 Å². The molecule has 0 atom stereocenters. The van der Waals surface area contributed by atoms with Gasteiger partial charge in [0.1, 0.15) is 6.33 Å². The van der Waals surface area contributed by atoms with Gasteiger partial charge in [-0.3, -0.25) is 15.2 Å². The van der Waals surface area contributed by atoms with E-state index in [0.29, 0.717) is 24.3 Å². The number of rotatable bonds is 5. The van der Waals surface area contributed by atoms with Crippen molar-refractivity contribution in [1.29, 1.82) is 0 Å². The van der Waals surface area contributed by atoms with Gasteiger partial charge in [-0.25, -0.2) is 9.67 Å². The van der Waals surface area contributed by atoms with Gasteiger partial charge in [0.25, 0.3) is 5.91 Å². The lowest BCUT2D eigenvalue weighted by atomic mass is 10.0. The maximum absolute atomic E-state index is 13.0. The monoisotopic (exact) mass is 444 g/mol. The van der Waals surface area contributed by atoms with Crippen molar-refractivity contribution >= 4 is 18.3 Å². The van der Waals surface area contributed by atoms with Crippen molar-refractivity contribution in [2.45, 2.75) is 25.2 Å². The topological polar surface area (TPSA) is 84.2 Å². The highest BCUT2D eigenvalue weighted by Crippen LogP contribution is 2.38. The fourth-order valence-corrected chi connectivity index (χ4v) is 2.49. The van der Waals surface area contributed by atoms with E-state index < -0.39 is 35.0 Å². The molecule has 13 heteroatoms. The molecule has 1 aliphatic rings. The van der Waals surface area contributed by atoms with E-state index >= 15 is 0 Å². The van der Waals surface area contributed by atoms with Crippen LogP contribution in [-0.2, 0) is 17.1 Å². The molecular formula is C18H14F6N6O. The van der Waals surface area contributed by atoms with Crippen LogP contribution in [0.2, 0.25) is 0 Å². The molecule has 1 amide bonds. The summed E-state index contributed by atoms with van der Waals surface area (Å²) >= 11 is 0. The first-order valence-corrected chi connectivity index (χ1v) is 8.68. The van der Waals surface area contributed by atoms with E-state index in [2.05, 4.69) is 25.9 Å². The third-order valence-corrected chi connectivity index (χ3v) is 3.96. The summed E-state index contributed by atoms with van der Waals surface area (Å²) in [7, 11) is 0. The van der Waals surface area contributed by atoms with Gasteiger partial charge in [-0.1, -0.05) is 0 Å². The highest BCUT2D eigenvalue weighted by atomic mass is 19.4. The lowest BCUT2D eigenvalue weighted by molar-refractivity contribution is -0.143. The molecule has 0 radical (unpaired) electrons. The quantitative estimate of drug-likeness (QED) is 0.418. The number of hydrogen-bond acceptors (Lipinski definition) is 5. The first-order chi connectivity index (χ1) is 14.5. The Labute approximate surface area is 171 Å². The number of halogens is 6. The van der Waals surface area contributed by atoms with Gasteiger partial charge in [0.05, 0.1) is 16.8 Å². The van der Waals surface area contributed by atoms with Crippen LogP contribution in [0.25, 0.3) is 17.6 Å². The first kappa shape index (κ1) is 22.1. The second kappa shape index (κ2) is 8.62. The Balaban J connectivity index is 1.75. The van der Waals surface area contributed by atoms with Gasteiger partial charge in [-0.05, 0) is 31.0 Å². The number of carbonyl (C=O) groups excluding carboxylic acids is 1. The summed E-state index contributed by atoms with van der Waals surface area (Å²) in [6.07, 6.45) is -2.10. The van der Waals surface area contributed by atoms with E-state index in [4.69, 9.17) is 0 Å². The van der Waals surface area contributed by atoms with Crippen molar-refractivity contribution in [3.8, 4) is 11.4 Å². The maximum atomic E-state index is 13.0. The van der Waals surface area contributed by atoms with Gasteiger partial charge in [0.2, 0.25) is 0 Å². The number of allylic oxidation sites excluding steroid dienone is 1. The molecule has 1 aliphatic heterocycles. The van der Waals surface area contributed by atoms with Crippen LogP contribution in [0.4, 0.5) is 26.3 Å². The van der Waals surface area contributed by atoms with E-state index in [1.165, 1.54) is 0 Å². The van der Waals surface area contributed by atoms with Crippen molar-refractivity contribution in [3.63, 3.8) is 0 Å². The summed E-state index contributed by atoms with van der Waals surface area (Å²) in [5.41, 5.74) is 2.32. The summed E-state index contributed by atoms with van der Waals surface area (Å²) < 4.78 is 78.9. The Morgan fingerprint density at radius 3 is 2.32 bits per heavy atom. The molecule has 0 aliphatic carbocycles. The number of amides is 1. The fraction of sp³-hybridized carbons (Fsp3) is 0.222. The van der Waals surface area contributed by atoms with Gasteiger partial charge in [-0.2, -0.15) is 26.3 Å². The number of nitrogens with one attached hydrogen (secondary N) is 2. The highest BCUT2D eigenvalue weighted by molar-refractivity contribution is 5.89. The molecule has 0 unspecified atom stereocenters. The van der Waals surface area contributed by atoms with E-state index in [1.807, 2.05) is 0 Å². The summed E-state index contributed by atoms with van der Waals surface area (Å²) in [5.74, 6) is -0.948.